The Labute approximate surface area is 105 Å². The molecule has 0 aliphatic heterocycles. The Bertz CT molecular complexity index is 572. The zero-order chi connectivity index (χ0) is 12.0. The lowest BCUT2D eigenvalue weighted by atomic mass is 10.1. The summed E-state index contributed by atoms with van der Waals surface area (Å²) >= 11 is 6.02. The van der Waals surface area contributed by atoms with Crippen molar-refractivity contribution < 1.29 is 0 Å². The number of fused-ring (bicyclic) bond motifs is 3. The lowest BCUT2D eigenvalue weighted by molar-refractivity contribution is 0.880. The number of hydrogen-bond acceptors (Lipinski definition) is 2. The highest BCUT2D eigenvalue weighted by Gasteiger charge is 2.24. The van der Waals surface area contributed by atoms with Gasteiger partial charge in [0.25, 0.3) is 0 Å². The van der Waals surface area contributed by atoms with Crippen LogP contribution in [0, 0.1) is 0 Å². The first-order valence-corrected chi connectivity index (χ1v) is 6.15. The third-order valence-corrected chi connectivity index (χ3v) is 3.23. The van der Waals surface area contributed by atoms with Gasteiger partial charge in [0, 0.05) is 28.6 Å². The first-order chi connectivity index (χ1) is 8.15. The van der Waals surface area contributed by atoms with Gasteiger partial charge in [-0.3, -0.25) is 5.10 Å². The van der Waals surface area contributed by atoms with Crippen molar-refractivity contribution in [3.63, 3.8) is 0 Å². The molecule has 4 heteroatoms. The molecule has 1 heterocycles. The topological polar surface area (TPSA) is 40.7 Å². The maximum absolute atomic E-state index is 6.02. The second-order valence-electron chi connectivity index (χ2n) is 4.70. The van der Waals surface area contributed by atoms with Crippen LogP contribution in [-0.4, -0.2) is 16.2 Å². The minimum absolute atomic E-state index is 0.384. The summed E-state index contributed by atoms with van der Waals surface area (Å²) in [6.07, 6.45) is 0.900. The fourth-order valence-corrected chi connectivity index (χ4v) is 2.49. The third kappa shape index (κ3) is 1.71. The maximum atomic E-state index is 6.02. The van der Waals surface area contributed by atoms with E-state index in [1.165, 1.54) is 16.7 Å². The molecule has 1 aromatic carbocycles. The molecular weight excluding hydrogens is 234 g/mol. The molecule has 1 aliphatic rings. The molecule has 1 aromatic heterocycles. The minimum Gasteiger partial charge on any atom is -0.366 e. The maximum Gasteiger partial charge on any atom is 0.152 e. The van der Waals surface area contributed by atoms with Crippen LogP contribution in [0.25, 0.3) is 11.3 Å². The van der Waals surface area contributed by atoms with Gasteiger partial charge >= 0.3 is 0 Å². The van der Waals surface area contributed by atoms with Crippen LogP contribution < -0.4 is 5.32 Å². The van der Waals surface area contributed by atoms with Gasteiger partial charge in [0.15, 0.2) is 5.82 Å². The molecule has 2 aromatic rings. The van der Waals surface area contributed by atoms with Crippen LogP contribution in [0.3, 0.4) is 0 Å². The van der Waals surface area contributed by atoms with Crippen LogP contribution in [0.1, 0.15) is 25.0 Å². The molecular formula is C13H14ClN3. The summed E-state index contributed by atoms with van der Waals surface area (Å²) in [4.78, 5) is 0. The highest BCUT2D eigenvalue weighted by atomic mass is 35.5. The molecule has 1 aliphatic carbocycles. The number of nitrogens with one attached hydrogen (secondary N) is 2. The van der Waals surface area contributed by atoms with Gasteiger partial charge in [-0.15, -0.1) is 0 Å². The summed E-state index contributed by atoms with van der Waals surface area (Å²) in [6, 6.07) is 6.39. The number of nitrogens with zero attached hydrogens (tertiary/aromatic N) is 1. The zero-order valence-electron chi connectivity index (χ0n) is 9.84. The minimum atomic E-state index is 0.384. The van der Waals surface area contributed by atoms with Crippen molar-refractivity contribution in [1.82, 2.24) is 10.2 Å². The summed E-state index contributed by atoms with van der Waals surface area (Å²) in [5.74, 6) is 0.960. The molecule has 0 radical (unpaired) electrons. The summed E-state index contributed by atoms with van der Waals surface area (Å²) in [5.41, 5.74) is 4.86. The van der Waals surface area contributed by atoms with E-state index in [2.05, 4.69) is 35.4 Å². The molecule has 2 N–H and O–H groups in total. The van der Waals surface area contributed by atoms with Crippen LogP contribution >= 0.6 is 11.6 Å². The number of rotatable bonds is 2. The van der Waals surface area contributed by atoms with Crippen molar-refractivity contribution in [2.24, 2.45) is 0 Å². The zero-order valence-corrected chi connectivity index (χ0v) is 10.6. The van der Waals surface area contributed by atoms with Gasteiger partial charge in [0.2, 0.25) is 0 Å². The number of halogens is 1. The van der Waals surface area contributed by atoms with Crippen molar-refractivity contribution in [1.29, 1.82) is 0 Å². The van der Waals surface area contributed by atoms with E-state index in [0.29, 0.717) is 6.04 Å². The van der Waals surface area contributed by atoms with Gasteiger partial charge in [0.1, 0.15) is 0 Å². The Morgan fingerprint density at radius 1 is 1.41 bits per heavy atom. The smallest absolute Gasteiger partial charge is 0.152 e. The van der Waals surface area contributed by atoms with Crippen molar-refractivity contribution in [3.05, 3.63) is 34.3 Å². The summed E-state index contributed by atoms with van der Waals surface area (Å²) in [5, 5.41) is 11.6. The van der Waals surface area contributed by atoms with Gasteiger partial charge in [-0.25, -0.2) is 0 Å². The fraction of sp³-hybridized carbons (Fsp3) is 0.308. The van der Waals surface area contributed by atoms with Crippen molar-refractivity contribution >= 4 is 17.4 Å². The van der Waals surface area contributed by atoms with Crippen LogP contribution in [0.2, 0.25) is 5.02 Å². The highest BCUT2D eigenvalue weighted by molar-refractivity contribution is 6.30. The first-order valence-electron chi connectivity index (χ1n) is 5.77. The number of anilines is 1. The molecule has 0 amide bonds. The Balaban J connectivity index is 2.04. The van der Waals surface area contributed by atoms with Gasteiger partial charge in [-0.2, -0.15) is 5.10 Å². The van der Waals surface area contributed by atoms with Gasteiger partial charge < -0.3 is 5.32 Å². The molecule has 3 nitrogen and oxygen atoms in total. The van der Waals surface area contributed by atoms with Crippen molar-refractivity contribution in [3.8, 4) is 11.3 Å². The van der Waals surface area contributed by atoms with E-state index in [4.69, 9.17) is 11.6 Å². The monoisotopic (exact) mass is 247 g/mol. The lowest BCUT2D eigenvalue weighted by Gasteiger charge is -2.07. The lowest BCUT2D eigenvalue weighted by Crippen LogP contribution is -2.11. The second-order valence-corrected chi connectivity index (χ2v) is 5.14. The number of benzene rings is 1. The predicted octanol–water partition coefficient (Wildman–Crippen LogP) is 3.45. The van der Waals surface area contributed by atoms with Gasteiger partial charge in [-0.1, -0.05) is 17.7 Å². The largest absolute Gasteiger partial charge is 0.366 e. The number of H-pyrrole nitrogens is 1. The molecule has 0 atom stereocenters. The molecule has 88 valence electrons. The molecule has 0 bridgehead atoms. The fourth-order valence-electron chi connectivity index (χ4n) is 2.30. The van der Waals surface area contributed by atoms with Gasteiger partial charge in [-0.05, 0) is 31.5 Å². The molecule has 0 unspecified atom stereocenters. The Morgan fingerprint density at radius 3 is 3.00 bits per heavy atom. The summed E-state index contributed by atoms with van der Waals surface area (Å²) in [6.45, 7) is 4.22. The van der Waals surface area contributed by atoms with E-state index >= 15 is 0 Å². The summed E-state index contributed by atoms with van der Waals surface area (Å²) in [7, 11) is 0. The van der Waals surface area contributed by atoms with E-state index < -0.39 is 0 Å². The van der Waals surface area contributed by atoms with Crippen LogP contribution in [0.5, 0.6) is 0 Å². The molecule has 0 saturated heterocycles. The number of aromatic amines is 1. The molecule has 0 saturated carbocycles. The standard InChI is InChI=1S/C13H14ClN3/c1-7(2)15-13-11-6-8-5-9(14)3-4-10(8)12(11)16-17-13/h3-5,7H,6H2,1-2H3,(H2,15,16,17). The van der Waals surface area contributed by atoms with E-state index in [1.807, 2.05) is 12.1 Å². The number of aromatic nitrogens is 2. The Hall–Kier alpha value is -1.48. The van der Waals surface area contributed by atoms with Crippen LogP contribution in [-0.2, 0) is 6.42 Å². The SMILES string of the molecule is CC(C)Nc1n[nH]c2c1Cc1cc(Cl)ccc1-2. The number of hydrogen-bond donors (Lipinski definition) is 2. The average molecular weight is 248 g/mol. The molecule has 3 rings (SSSR count). The average Bonchev–Trinajstić information content (AvgIpc) is 2.77. The molecule has 17 heavy (non-hydrogen) atoms. The quantitative estimate of drug-likeness (QED) is 0.728. The first kappa shape index (κ1) is 10.7. The van der Waals surface area contributed by atoms with E-state index in [-0.39, 0.29) is 0 Å². The highest BCUT2D eigenvalue weighted by Crippen LogP contribution is 2.39. The van der Waals surface area contributed by atoms with E-state index in [9.17, 15) is 0 Å². The molecule has 0 fully saturated rings. The molecule has 0 spiro atoms. The predicted molar refractivity (Wildman–Crippen MR) is 70.6 cm³/mol. The van der Waals surface area contributed by atoms with Crippen LogP contribution in [0.4, 0.5) is 5.82 Å². The summed E-state index contributed by atoms with van der Waals surface area (Å²) < 4.78 is 0. The van der Waals surface area contributed by atoms with Gasteiger partial charge in [0.05, 0.1) is 5.69 Å². The Morgan fingerprint density at radius 2 is 2.24 bits per heavy atom. The van der Waals surface area contributed by atoms with Crippen LogP contribution in [0.15, 0.2) is 18.2 Å². The second kappa shape index (κ2) is 3.77. The van der Waals surface area contributed by atoms with Crippen molar-refractivity contribution in [2.45, 2.75) is 26.3 Å². The Kier molecular flexibility index (Phi) is 2.37. The van der Waals surface area contributed by atoms with Crippen molar-refractivity contribution in [2.75, 3.05) is 5.32 Å². The van der Waals surface area contributed by atoms with E-state index in [1.54, 1.807) is 0 Å². The third-order valence-electron chi connectivity index (χ3n) is 3.00. The normalized spacial score (nSPS) is 12.7. The van der Waals surface area contributed by atoms with E-state index in [0.717, 1.165) is 23.0 Å².